The van der Waals surface area contributed by atoms with Crippen LogP contribution in [0.1, 0.15) is 22.8 Å². The van der Waals surface area contributed by atoms with Gasteiger partial charge < -0.3 is 14.6 Å². The van der Waals surface area contributed by atoms with Crippen LogP contribution in [0.4, 0.5) is 0 Å². The first kappa shape index (κ1) is 13.9. The Morgan fingerprint density at radius 2 is 2.10 bits per heavy atom. The number of pyridine rings is 1. The molecule has 0 aliphatic carbocycles. The highest BCUT2D eigenvalue weighted by Crippen LogP contribution is 2.32. The van der Waals surface area contributed by atoms with Crippen LogP contribution in [-0.4, -0.2) is 22.7 Å². The zero-order valence-corrected chi connectivity index (χ0v) is 11.1. The summed E-state index contributed by atoms with van der Waals surface area (Å²) in [6.07, 6.45) is 3.34. The molecule has 2 rings (SSSR count). The van der Waals surface area contributed by atoms with Crippen LogP contribution < -0.4 is 9.47 Å². The van der Waals surface area contributed by atoms with Crippen LogP contribution in [0.2, 0.25) is 0 Å². The molecule has 0 atom stereocenters. The second-order valence-corrected chi connectivity index (χ2v) is 4.02. The van der Waals surface area contributed by atoms with Crippen molar-refractivity contribution < 1.29 is 19.4 Å². The lowest BCUT2D eigenvalue weighted by molar-refractivity contribution is 0.0690. The van der Waals surface area contributed by atoms with E-state index in [-0.39, 0.29) is 17.9 Å². The van der Waals surface area contributed by atoms with Gasteiger partial charge in [-0.15, -0.1) is 0 Å². The zero-order chi connectivity index (χ0) is 14.4. The van der Waals surface area contributed by atoms with Gasteiger partial charge in [-0.1, -0.05) is 12.1 Å². The van der Waals surface area contributed by atoms with Gasteiger partial charge in [-0.2, -0.15) is 0 Å². The fraction of sp³-hybridized carbons (Fsp3) is 0.200. The van der Waals surface area contributed by atoms with E-state index >= 15 is 0 Å². The third-order valence-corrected chi connectivity index (χ3v) is 2.62. The van der Waals surface area contributed by atoms with Crippen molar-refractivity contribution in [3.8, 4) is 11.5 Å². The molecule has 0 unspecified atom stereocenters. The summed E-state index contributed by atoms with van der Waals surface area (Å²) in [5.41, 5.74) is 0.940. The van der Waals surface area contributed by atoms with E-state index in [9.17, 15) is 9.90 Å². The molecule has 0 radical (unpaired) electrons. The van der Waals surface area contributed by atoms with Crippen LogP contribution in [0, 0.1) is 0 Å². The number of hydrogen-bond acceptors (Lipinski definition) is 4. The zero-order valence-electron chi connectivity index (χ0n) is 11.1. The highest BCUT2D eigenvalue weighted by molar-refractivity contribution is 5.92. The van der Waals surface area contributed by atoms with E-state index in [1.165, 1.54) is 6.07 Å². The molecule has 2 aromatic rings. The molecule has 1 aromatic heterocycles. The highest BCUT2D eigenvalue weighted by Gasteiger charge is 2.16. The summed E-state index contributed by atoms with van der Waals surface area (Å²) in [7, 11) is 0. The van der Waals surface area contributed by atoms with Crippen molar-refractivity contribution in [3.05, 3.63) is 53.9 Å². The average molecular weight is 273 g/mol. The van der Waals surface area contributed by atoms with Crippen LogP contribution in [-0.2, 0) is 6.61 Å². The minimum atomic E-state index is -1.05. The van der Waals surface area contributed by atoms with Crippen LogP contribution in [0.5, 0.6) is 11.5 Å². The molecule has 0 fully saturated rings. The maximum atomic E-state index is 11.2. The Hall–Kier alpha value is -2.56. The molecule has 0 spiro atoms. The molecule has 1 heterocycles. The molecule has 5 nitrogen and oxygen atoms in total. The van der Waals surface area contributed by atoms with E-state index in [1.54, 1.807) is 30.6 Å². The highest BCUT2D eigenvalue weighted by atomic mass is 16.5. The molecule has 0 amide bonds. The van der Waals surface area contributed by atoms with Gasteiger partial charge in [-0.3, -0.25) is 4.98 Å². The third-order valence-electron chi connectivity index (χ3n) is 2.62. The van der Waals surface area contributed by atoms with Crippen molar-refractivity contribution in [1.29, 1.82) is 0 Å². The minimum absolute atomic E-state index is 0.0832. The van der Waals surface area contributed by atoms with Crippen LogP contribution >= 0.6 is 0 Å². The number of aromatic carboxylic acids is 1. The third kappa shape index (κ3) is 3.26. The predicted octanol–water partition coefficient (Wildman–Crippen LogP) is 2.76. The summed E-state index contributed by atoms with van der Waals surface area (Å²) in [4.78, 5) is 15.2. The summed E-state index contributed by atoms with van der Waals surface area (Å²) < 4.78 is 11.0. The Bertz CT molecular complexity index is 584. The lowest BCUT2D eigenvalue weighted by atomic mass is 10.2. The molecule has 1 N–H and O–H groups in total. The van der Waals surface area contributed by atoms with Crippen molar-refractivity contribution in [3.63, 3.8) is 0 Å². The number of ether oxygens (including phenoxy) is 2. The molecule has 0 aliphatic heterocycles. The van der Waals surface area contributed by atoms with E-state index in [1.807, 2.05) is 13.0 Å². The Kier molecular flexibility index (Phi) is 4.55. The Labute approximate surface area is 116 Å². The van der Waals surface area contributed by atoms with Crippen molar-refractivity contribution >= 4 is 5.97 Å². The molecule has 0 aliphatic rings. The van der Waals surface area contributed by atoms with E-state index in [4.69, 9.17) is 9.47 Å². The van der Waals surface area contributed by atoms with Gasteiger partial charge in [-0.05, 0) is 25.1 Å². The average Bonchev–Trinajstić information content (AvgIpc) is 2.47. The largest absolute Gasteiger partial charge is 0.490 e. The van der Waals surface area contributed by atoms with E-state index in [2.05, 4.69) is 4.98 Å². The van der Waals surface area contributed by atoms with Crippen LogP contribution in [0.25, 0.3) is 0 Å². The molecule has 20 heavy (non-hydrogen) atoms. The second-order valence-electron chi connectivity index (χ2n) is 4.02. The van der Waals surface area contributed by atoms with Gasteiger partial charge in [0.05, 0.1) is 6.61 Å². The summed E-state index contributed by atoms with van der Waals surface area (Å²) >= 11 is 0. The molecule has 0 saturated heterocycles. The molecular weight excluding hydrogens is 258 g/mol. The number of carboxylic acid groups (broad SMARTS) is 1. The molecule has 0 bridgehead atoms. The first-order valence-electron chi connectivity index (χ1n) is 6.23. The van der Waals surface area contributed by atoms with Gasteiger partial charge >= 0.3 is 5.97 Å². The fourth-order valence-corrected chi connectivity index (χ4v) is 1.74. The lowest BCUT2D eigenvalue weighted by Gasteiger charge is -2.14. The topological polar surface area (TPSA) is 68.7 Å². The number of rotatable bonds is 6. The van der Waals surface area contributed by atoms with Crippen molar-refractivity contribution in [2.24, 2.45) is 0 Å². The van der Waals surface area contributed by atoms with E-state index < -0.39 is 5.97 Å². The summed E-state index contributed by atoms with van der Waals surface area (Å²) in [6.45, 7) is 2.50. The monoisotopic (exact) mass is 273 g/mol. The smallest absolute Gasteiger partial charge is 0.339 e. The Morgan fingerprint density at radius 3 is 2.75 bits per heavy atom. The van der Waals surface area contributed by atoms with Gasteiger partial charge in [0.1, 0.15) is 12.2 Å². The number of nitrogens with zero attached hydrogens (tertiary/aromatic N) is 1. The van der Waals surface area contributed by atoms with Gasteiger partial charge in [-0.25, -0.2) is 4.79 Å². The van der Waals surface area contributed by atoms with E-state index in [0.717, 1.165) is 5.56 Å². The fourth-order valence-electron chi connectivity index (χ4n) is 1.74. The number of hydrogen-bond donors (Lipinski definition) is 1. The molecule has 1 aromatic carbocycles. The van der Waals surface area contributed by atoms with Crippen LogP contribution in [0.3, 0.4) is 0 Å². The number of para-hydroxylation sites is 1. The predicted molar refractivity (Wildman–Crippen MR) is 73.1 cm³/mol. The first-order chi connectivity index (χ1) is 9.72. The van der Waals surface area contributed by atoms with Crippen LogP contribution in [0.15, 0.2) is 42.7 Å². The number of aromatic nitrogens is 1. The maximum Gasteiger partial charge on any atom is 0.339 e. The summed E-state index contributed by atoms with van der Waals surface area (Å²) in [5.74, 6) is -0.380. The second kappa shape index (κ2) is 6.56. The lowest BCUT2D eigenvalue weighted by Crippen LogP contribution is -2.06. The van der Waals surface area contributed by atoms with Gasteiger partial charge in [0.15, 0.2) is 11.5 Å². The Morgan fingerprint density at radius 1 is 1.25 bits per heavy atom. The standard InChI is InChI=1S/C15H15NO4/c1-2-19-13-7-3-6-12(15(17)18)14(13)20-10-11-5-4-8-16-9-11/h3-9H,2,10H2,1H3,(H,17,18). The van der Waals surface area contributed by atoms with Crippen molar-refractivity contribution in [2.45, 2.75) is 13.5 Å². The van der Waals surface area contributed by atoms with Crippen molar-refractivity contribution in [2.75, 3.05) is 6.61 Å². The number of carboxylic acids is 1. The van der Waals surface area contributed by atoms with Gasteiger partial charge in [0.2, 0.25) is 0 Å². The summed E-state index contributed by atoms with van der Waals surface area (Å²) in [5, 5.41) is 9.21. The SMILES string of the molecule is CCOc1cccc(C(=O)O)c1OCc1cccnc1. The maximum absolute atomic E-state index is 11.2. The quantitative estimate of drug-likeness (QED) is 0.876. The molecule has 5 heteroatoms. The molecular formula is C15H15NO4. The van der Waals surface area contributed by atoms with Gasteiger partial charge in [0.25, 0.3) is 0 Å². The van der Waals surface area contributed by atoms with E-state index in [0.29, 0.717) is 12.4 Å². The molecule has 104 valence electrons. The number of carbonyl (C=O) groups is 1. The van der Waals surface area contributed by atoms with Crippen molar-refractivity contribution in [1.82, 2.24) is 4.98 Å². The molecule has 0 saturated carbocycles. The number of benzene rings is 1. The normalized spacial score (nSPS) is 10.1. The summed E-state index contributed by atoms with van der Waals surface area (Å²) in [6, 6.07) is 8.46. The minimum Gasteiger partial charge on any atom is -0.490 e. The first-order valence-corrected chi connectivity index (χ1v) is 6.23. The Balaban J connectivity index is 2.26. The van der Waals surface area contributed by atoms with Gasteiger partial charge in [0, 0.05) is 18.0 Å².